The number of aromatic nitrogens is 1. The molecule has 3 N–H and O–H groups in total. The van der Waals surface area contributed by atoms with E-state index in [-0.39, 0.29) is 18.1 Å². The molecule has 0 spiro atoms. The number of carbonyl (C=O) groups excluding carboxylic acids is 1. The average Bonchev–Trinajstić information content (AvgIpc) is 2.42. The minimum Gasteiger partial charge on any atom is -0.373 e. The molecule has 8 heteroatoms. The molecule has 110 valence electrons. The summed E-state index contributed by atoms with van der Waals surface area (Å²) in [5, 5.41) is 13.9. The highest BCUT2D eigenvalue weighted by molar-refractivity contribution is 5.80. The number of nitro groups is 1. The van der Waals surface area contributed by atoms with Crippen molar-refractivity contribution >= 4 is 23.2 Å². The molecule has 0 fully saturated rings. The Morgan fingerprint density at radius 3 is 2.75 bits per heavy atom. The largest absolute Gasteiger partial charge is 0.373 e. The van der Waals surface area contributed by atoms with Crippen LogP contribution in [0.1, 0.15) is 19.8 Å². The van der Waals surface area contributed by atoms with E-state index in [9.17, 15) is 14.9 Å². The Hall–Kier alpha value is -2.38. The van der Waals surface area contributed by atoms with E-state index in [2.05, 4.69) is 10.3 Å². The fraction of sp³-hybridized carbons (Fsp3) is 0.500. The van der Waals surface area contributed by atoms with Crippen LogP contribution in [0.2, 0.25) is 0 Å². The number of anilines is 2. The van der Waals surface area contributed by atoms with E-state index in [4.69, 9.17) is 5.73 Å². The summed E-state index contributed by atoms with van der Waals surface area (Å²) in [6, 6.07) is 2.89. The molecule has 0 saturated carbocycles. The van der Waals surface area contributed by atoms with Gasteiger partial charge >= 0.3 is 5.69 Å². The standard InChI is InChI=1S/C12H19N5O3/c1-3-4-7-16(8-10(13)18)12-9(17(19)20)5-6-11(14-2)15-12/h5-6H,3-4,7-8H2,1-2H3,(H2,13,18)(H,14,15). The minimum atomic E-state index is -0.549. The van der Waals surface area contributed by atoms with E-state index in [0.29, 0.717) is 12.4 Å². The predicted octanol–water partition coefficient (Wildman–Crippen LogP) is 1.12. The van der Waals surface area contributed by atoms with Crippen LogP contribution in [0, 0.1) is 10.1 Å². The Balaban J connectivity index is 3.19. The lowest BCUT2D eigenvalue weighted by atomic mass is 10.2. The molecule has 0 atom stereocenters. The first-order valence-electron chi connectivity index (χ1n) is 6.36. The highest BCUT2D eigenvalue weighted by Crippen LogP contribution is 2.27. The molecular formula is C12H19N5O3. The third-order valence-electron chi connectivity index (χ3n) is 2.74. The lowest BCUT2D eigenvalue weighted by Crippen LogP contribution is -2.35. The number of pyridine rings is 1. The van der Waals surface area contributed by atoms with Crippen LogP contribution in [0.5, 0.6) is 0 Å². The van der Waals surface area contributed by atoms with Crippen LogP contribution < -0.4 is 16.0 Å². The summed E-state index contributed by atoms with van der Waals surface area (Å²) in [5.74, 6) is 0.109. The zero-order valence-corrected chi connectivity index (χ0v) is 11.6. The van der Waals surface area contributed by atoms with Gasteiger partial charge in [-0.1, -0.05) is 13.3 Å². The third kappa shape index (κ3) is 4.08. The molecule has 1 heterocycles. The molecule has 0 aliphatic rings. The van der Waals surface area contributed by atoms with Crippen molar-refractivity contribution in [3.05, 3.63) is 22.2 Å². The van der Waals surface area contributed by atoms with Gasteiger partial charge in [0.2, 0.25) is 11.7 Å². The molecule has 0 bridgehead atoms. The molecule has 1 aromatic heterocycles. The van der Waals surface area contributed by atoms with Gasteiger partial charge in [0.25, 0.3) is 0 Å². The van der Waals surface area contributed by atoms with Crippen molar-refractivity contribution in [3.63, 3.8) is 0 Å². The van der Waals surface area contributed by atoms with E-state index in [1.165, 1.54) is 12.1 Å². The number of nitrogens with zero attached hydrogens (tertiary/aromatic N) is 3. The Morgan fingerprint density at radius 2 is 2.25 bits per heavy atom. The topological polar surface area (TPSA) is 114 Å². The van der Waals surface area contributed by atoms with Crippen LogP contribution in [0.4, 0.5) is 17.3 Å². The van der Waals surface area contributed by atoms with Crippen molar-refractivity contribution in [1.29, 1.82) is 0 Å². The monoisotopic (exact) mass is 281 g/mol. The van der Waals surface area contributed by atoms with Crippen molar-refractivity contribution in [1.82, 2.24) is 4.98 Å². The second-order valence-corrected chi connectivity index (χ2v) is 4.29. The zero-order valence-electron chi connectivity index (χ0n) is 11.6. The van der Waals surface area contributed by atoms with E-state index in [0.717, 1.165) is 12.8 Å². The summed E-state index contributed by atoms with van der Waals surface area (Å²) in [4.78, 5) is 27.5. The van der Waals surface area contributed by atoms with Crippen LogP contribution in [-0.4, -0.2) is 36.0 Å². The molecule has 0 radical (unpaired) electrons. The summed E-state index contributed by atoms with van der Waals surface area (Å²) in [6.07, 6.45) is 1.69. The lowest BCUT2D eigenvalue weighted by Gasteiger charge is -2.22. The first-order chi connectivity index (χ1) is 9.49. The number of hydrogen-bond donors (Lipinski definition) is 2. The molecular weight excluding hydrogens is 262 g/mol. The van der Waals surface area contributed by atoms with Crippen molar-refractivity contribution in [2.75, 3.05) is 30.4 Å². The molecule has 0 unspecified atom stereocenters. The highest BCUT2D eigenvalue weighted by Gasteiger charge is 2.22. The summed E-state index contributed by atoms with van der Waals surface area (Å²) in [5.41, 5.74) is 5.07. The highest BCUT2D eigenvalue weighted by atomic mass is 16.6. The summed E-state index contributed by atoms with van der Waals surface area (Å²) in [6.45, 7) is 2.38. The molecule has 8 nitrogen and oxygen atoms in total. The fourth-order valence-electron chi connectivity index (χ4n) is 1.75. The third-order valence-corrected chi connectivity index (χ3v) is 2.74. The second kappa shape index (κ2) is 7.27. The van der Waals surface area contributed by atoms with Crippen molar-refractivity contribution in [3.8, 4) is 0 Å². The molecule has 0 aliphatic heterocycles. The van der Waals surface area contributed by atoms with Crippen LogP contribution in [0.15, 0.2) is 12.1 Å². The summed E-state index contributed by atoms with van der Waals surface area (Å²) in [7, 11) is 1.67. The average molecular weight is 281 g/mol. The maximum Gasteiger partial charge on any atom is 0.311 e. The van der Waals surface area contributed by atoms with Crippen LogP contribution in [-0.2, 0) is 4.79 Å². The lowest BCUT2D eigenvalue weighted by molar-refractivity contribution is -0.384. The number of primary amides is 1. The molecule has 1 aromatic rings. The van der Waals surface area contributed by atoms with Crippen LogP contribution in [0.25, 0.3) is 0 Å². The molecule has 20 heavy (non-hydrogen) atoms. The van der Waals surface area contributed by atoms with E-state index in [1.807, 2.05) is 6.92 Å². The van der Waals surface area contributed by atoms with Gasteiger partial charge in [0, 0.05) is 19.7 Å². The maximum absolute atomic E-state index is 11.1. The van der Waals surface area contributed by atoms with Gasteiger partial charge in [0.15, 0.2) is 0 Å². The number of rotatable bonds is 8. The quantitative estimate of drug-likeness (QED) is 0.545. The van der Waals surface area contributed by atoms with Crippen molar-refractivity contribution in [2.24, 2.45) is 5.73 Å². The van der Waals surface area contributed by atoms with Gasteiger partial charge in [-0.15, -0.1) is 0 Å². The maximum atomic E-state index is 11.1. The van der Waals surface area contributed by atoms with Gasteiger partial charge in [-0.05, 0) is 12.5 Å². The van der Waals surface area contributed by atoms with Gasteiger partial charge in [0.1, 0.15) is 5.82 Å². The number of nitrogens with one attached hydrogen (secondary N) is 1. The van der Waals surface area contributed by atoms with Gasteiger partial charge < -0.3 is 16.0 Å². The number of unbranched alkanes of at least 4 members (excludes halogenated alkanes) is 1. The fourth-order valence-corrected chi connectivity index (χ4v) is 1.75. The van der Waals surface area contributed by atoms with E-state index in [1.54, 1.807) is 11.9 Å². The Kier molecular flexibility index (Phi) is 5.70. The molecule has 0 aliphatic carbocycles. The van der Waals surface area contributed by atoms with Crippen molar-refractivity contribution in [2.45, 2.75) is 19.8 Å². The van der Waals surface area contributed by atoms with E-state index < -0.39 is 10.8 Å². The van der Waals surface area contributed by atoms with E-state index >= 15 is 0 Å². The first-order valence-corrected chi connectivity index (χ1v) is 6.36. The van der Waals surface area contributed by atoms with Crippen LogP contribution >= 0.6 is 0 Å². The van der Waals surface area contributed by atoms with Crippen molar-refractivity contribution < 1.29 is 9.72 Å². The zero-order chi connectivity index (χ0) is 15.1. The number of hydrogen-bond acceptors (Lipinski definition) is 6. The Bertz CT molecular complexity index is 492. The number of amides is 1. The first kappa shape index (κ1) is 15.7. The smallest absolute Gasteiger partial charge is 0.311 e. The molecule has 0 saturated heterocycles. The Morgan fingerprint density at radius 1 is 1.55 bits per heavy atom. The second-order valence-electron chi connectivity index (χ2n) is 4.29. The number of nitrogens with two attached hydrogens (primary N) is 1. The number of carbonyl (C=O) groups is 1. The molecule has 1 amide bonds. The summed E-state index contributed by atoms with van der Waals surface area (Å²) < 4.78 is 0. The van der Waals surface area contributed by atoms with Gasteiger partial charge in [-0.25, -0.2) is 4.98 Å². The minimum absolute atomic E-state index is 0.0962. The SMILES string of the molecule is CCCCN(CC(N)=O)c1nc(NC)ccc1[N+](=O)[O-]. The predicted molar refractivity (Wildman–Crippen MR) is 76.8 cm³/mol. The Labute approximate surface area is 117 Å². The summed E-state index contributed by atoms with van der Waals surface area (Å²) >= 11 is 0. The molecule has 1 rings (SSSR count). The normalized spacial score (nSPS) is 10.1. The van der Waals surface area contributed by atoms with Gasteiger partial charge in [-0.2, -0.15) is 0 Å². The van der Waals surface area contributed by atoms with Crippen LogP contribution in [0.3, 0.4) is 0 Å². The molecule has 0 aromatic carbocycles. The van der Waals surface area contributed by atoms with Gasteiger partial charge in [0.05, 0.1) is 11.5 Å². The van der Waals surface area contributed by atoms with Gasteiger partial charge in [-0.3, -0.25) is 14.9 Å².